The molecule has 0 amide bonds. The van der Waals surface area contributed by atoms with Gasteiger partial charge in [0, 0.05) is 24.6 Å². The average molecular weight is 450 g/mol. The van der Waals surface area contributed by atoms with E-state index in [-0.39, 0.29) is 14.1 Å². The van der Waals surface area contributed by atoms with E-state index in [2.05, 4.69) is 0 Å². The van der Waals surface area contributed by atoms with Crippen molar-refractivity contribution < 1.29 is 33.2 Å². The van der Waals surface area contributed by atoms with Gasteiger partial charge in [0.2, 0.25) is 0 Å². The third kappa shape index (κ3) is 7.10. The van der Waals surface area contributed by atoms with Gasteiger partial charge in [-0.1, -0.05) is 6.07 Å². The number of carbonyl (C=O) groups is 1. The van der Waals surface area contributed by atoms with Gasteiger partial charge in [-0.2, -0.15) is 0 Å². The SMILES string of the molecule is CCOC(C)Oc1ccc(PC(=O)c2c(OC)cccc2OC)c(OC(C)OCC)c1. The molecule has 3 unspecified atom stereocenters. The minimum Gasteiger partial charge on any atom is -0.496 e. The lowest BCUT2D eigenvalue weighted by Gasteiger charge is -2.20. The molecule has 0 aliphatic rings. The van der Waals surface area contributed by atoms with Gasteiger partial charge in [0.25, 0.3) is 0 Å². The minimum absolute atomic E-state index is 0.125. The molecule has 0 aliphatic carbocycles. The Morgan fingerprint density at radius 1 is 0.871 bits per heavy atom. The van der Waals surface area contributed by atoms with Gasteiger partial charge in [-0.05, 0) is 60.5 Å². The number of methoxy groups -OCH3 is 2. The summed E-state index contributed by atoms with van der Waals surface area (Å²) >= 11 is 0. The van der Waals surface area contributed by atoms with Crippen LogP contribution in [0.2, 0.25) is 0 Å². The Balaban J connectivity index is 2.35. The third-order valence-corrected chi connectivity index (χ3v) is 5.41. The smallest absolute Gasteiger partial charge is 0.196 e. The van der Waals surface area contributed by atoms with E-state index in [0.29, 0.717) is 41.8 Å². The molecule has 2 rings (SSSR count). The maximum Gasteiger partial charge on any atom is 0.196 e. The lowest BCUT2D eigenvalue weighted by atomic mass is 10.2. The zero-order valence-corrected chi connectivity index (χ0v) is 19.9. The third-order valence-electron chi connectivity index (χ3n) is 4.25. The van der Waals surface area contributed by atoms with Crippen LogP contribution in [0.5, 0.6) is 23.0 Å². The Morgan fingerprint density at radius 3 is 2.00 bits per heavy atom. The molecule has 8 heteroatoms. The summed E-state index contributed by atoms with van der Waals surface area (Å²) in [7, 11) is 2.83. The summed E-state index contributed by atoms with van der Waals surface area (Å²) < 4.78 is 33.5. The van der Waals surface area contributed by atoms with Crippen LogP contribution in [0, 0.1) is 0 Å². The predicted octanol–water partition coefficient (Wildman–Crippen LogP) is 4.37. The van der Waals surface area contributed by atoms with E-state index in [1.807, 2.05) is 26.8 Å². The van der Waals surface area contributed by atoms with Crippen molar-refractivity contribution in [2.45, 2.75) is 40.3 Å². The zero-order valence-electron chi connectivity index (χ0n) is 18.9. The monoisotopic (exact) mass is 450 g/mol. The van der Waals surface area contributed by atoms with E-state index in [9.17, 15) is 4.79 Å². The van der Waals surface area contributed by atoms with Crippen LogP contribution in [0.1, 0.15) is 38.1 Å². The first kappa shape index (κ1) is 24.9. The first-order valence-corrected chi connectivity index (χ1v) is 11.2. The molecule has 2 aromatic rings. The van der Waals surface area contributed by atoms with E-state index in [0.717, 1.165) is 5.30 Å². The summed E-state index contributed by atoms with van der Waals surface area (Å²) in [6.07, 6.45) is -0.890. The van der Waals surface area contributed by atoms with Crippen molar-refractivity contribution in [2.75, 3.05) is 27.4 Å². The van der Waals surface area contributed by atoms with Crippen LogP contribution < -0.4 is 24.3 Å². The summed E-state index contributed by atoms with van der Waals surface area (Å²) in [4.78, 5) is 13.2. The van der Waals surface area contributed by atoms with E-state index >= 15 is 0 Å². The second-order valence-corrected chi connectivity index (χ2v) is 7.67. The molecule has 0 heterocycles. The fraction of sp³-hybridized carbons (Fsp3) is 0.435. The zero-order chi connectivity index (χ0) is 22.8. The minimum atomic E-state index is -0.482. The molecule has 0 N–H and O–H groups in total. The van der Waals surface area contributed by atoms with E-state index < -0.39 is 12.6 Å². The fourth-order valence-corrected chi connectivity index (χ4v) is 3.98. The molecular formula is C23H31O7P. The quantitative estimate of drug-likeness (QED) is 0.331. The molecule has 0 saturated heterocycles. The summed E-state index contributed by atoms with van der Waals surface area (Å²) in [5, 5.41) is 0.723. The molecule has 170 valence electrons. The highest BCUT2D eigenvalue weighted by Gasteiger charge is 2.21. The molecule has 0 bridgehead atoms. The number of carbonyl (C=O) groups excluding carboxylic acids is 1. The number of rotatable bonds is 13. The predicted molar refractivity (Wildman–Crippen MR) is 122 cm³/mol. The van der Waals surface area contributed by atoms with Crippen molar-refractivity contribution in [2.24, 2.45) is 0 Å². The van der Waals surface area contributed by atoms with Gasteiger partial charge >= 0.3 is 0 Å². The Bertz CT molecular complexity index is 834. The van der Waals surface area contributed by atoms with E-state index in [1.54, 1.807) is 37.3 Å². The van der Waals surface area contributed by atoms with Crippen LogP contribution in [-0.4, -0.2) is 45.5 Å². The summed E-state index contributed by atoms with van der Waals surface area (Å²) in [5.74, 6) is 2.03. The largest absolute Gasteiger partial charge is 0.496 e. The number of hydrogen-bond acceptors (Lipinski definition) is 7. The topological polar surface area (TPSA) is 72.5 Å². The normalized spacial score (nSPS) is 13.1. The van der Waals surface area contributed by atoms with Crippen LogP contribution in [-0.2, 0) is 9.47 Å². The molecule has 0 saturated carbocycles. The molecule has 0 fully saturated rings. The van der Waals surface area contributed by atoms with Crippen LogP contribution in [0.3, 0.4) is 0 Å². The Hall–Kier alpha value is -2.34. The van der Waals surface area contributed by atoms with Crippen LogP contribution in [0.25, 0.3) is 0 Å². The van der Waals surface area contributed by atoms with Gasteiger partial charge < -0.3 is 28.4 Å². The molecule has 7 nitrogen and oxygen atoms in total. The standard InChI is InChI=1S/C23H31O7P/c1-7-27-15(3)29-17-12-13-21(20(14-17)30-16(4)28-8-2)31-23(24)22-18(25-5)10-9-11-19(22)26-6/h9-16,31H,7-8H2,1-6H3. The highest BCUT2D eigenvalue weighted by Crippen LogP contribution is 2.36. The Morgan fingerprint density at radius 2 is 1.45 bits per heavy atom. The van der Waals surface area contributed by atoms with Crippen LogP contribution in [0.15, 0.2) is 36.4 Å². The van der Waals surface area contributed by atoms with Gasteiger partial charge in [-0.15, -0.1) is 0 Å². The lowest BCUT2D eigenvalue weighted by molar-refractivity contribution is -0.0646. The van der Waals surface area contributed by atoms with Crippen molar-refractivity contribution in [1.29, 1.82) is 0 Å². The second kappa shape index (κ2) is 12.5. The van der Waals surface area contributed by atoms with Crippen molar-refractivity contribution >= 4 is 19.4 Å². The van der Waals surface area contributed by atoms with Gasteiger partial charge in [0.15, 0.2) is 18.1 Å². The summed E-state index contributed by atoms with van der Waals surface area (Å²) in [6, 6.07) is 10.6. The van der Waals surface area contributed by atoms with Crippen molar-refractivity contribution in [3.05, 3.63) is 42.0 Å². The lowest BCUT2D eigenvalue weighted by Crippen LogP contribution is -2.20. The second-order valence-electron chi connectivity index (χ2n) is 6.43. The molecular weight excluding hydrogens is 419 g/mol. The summed E-state index contributed by atoms with van der Waals surface area (Å²) in [6.45, 7) is 8.47. The average Bonchev–Trinajstić information content (AvgIpc) is 2.75. The molecule has 3 atom stereocenters. The highest BCUT2D eigenvalue weighted by atomic mass is 31.1. The molecule has 2 aromatic carbocycles. The fourth-order valence-electron chi connectivity index (χ4n) is 2.94. The van der Waals surface area contributed by atoms with Crippen molar-refractivity contribution in [1.82, 2.24) is 0 Å². The maximum atomic E-state index is 13.2. The molecule has 0 spiro atoms. The first-order valence-electron chi connectivity index (χ1n) is 10.2. The van der Waals surface area contributed by atoms with Crippen molar-refractivity contribution in [3.8, 4) is 23.0 Å². The molecule has 0 aliphatic heterocycles. The van der Waals surface area contributed by atoms with E-state index in [1.165, 1.54) is 14.2 Å². The Kier molecular flexibility index (Phi) is 10.0. The van der Waals surface area contributed by atoms with Gasteiger partial charge in [-0.3, -0.25) is 4.79 Å². The first-order chi connectivity index (χ1) is 14.9. The number of benzene rings is 2. The molecule has 0 aromatic heterocycles. The Labute approximate surface area is 185 Å². The summed E-state index contributed by atoms with van der Waals surface area (Å²) in [5.41, 5.74) is 0.277. The molecule has 0 radical (unpaired) electrons. The van der Waals surface area contributed by atoms with Gasteiger partial charge in [0.1, 0.15) is 28.6 Å². The van der Waals surface area contributed by atoms with Crippen LogP contribution >= 0.6 is 8.58 Å². The van der Waals surface area contributed by atoms with Crippen molar-refractivity contribution in [3.63, 3.8) is 0 Å². The van der Waals surface area contributed by atoms with Gasteiger partial charge in [-0.25, -0.2) is 0 Å². The number of ether oxygens (including phenoxy) is 6. The number of hydrogen-bond donors (Lipinski definition) is 0. The highest BCUT2D eigenvalue weighted by molar-refractivity contribution is 7.66. The molecule has 31 heavy (non-hydrogen) atoms. The van der Waals surface area contributed by atoms with Gasteiger partial charge in [0.05, 0.1) is 14.2 Å². The van der Waals surface area contributed by atoms with Crippen LogP contribution in [0.4, 0.5) is 0 Å². The van der Waals surface area contributed by atoms with E-state index in [4.69, 9.17) is 28.4 Å². The maximum absolute atomic E-state index is 13.2.